The standard InChI is InChI=1S/C23H28N4O4/c1-16-7-9-18(10-8-16)25-22(29)21(28)24-15-17-11-13-27(14-12-17)23(30)26-19-5-3-4-6-20(19)31-2/h3-10,17H,11-15H2,1-2H3,(H,24,28)(H,25,29)(H,26,30). The molecule has 31 heavy (non-hydrogen) atoms. The highest BCUT2D eigenvalue weighted by atomic mass is 16.5. The number of nitrogens with zero attached hydrogens (tertiary/aromatic N) is 1. The minimum atomic E-state index is -0.683. The van der Waals surface area contributed by atoms with Gasteiger partial charge in [0, 0.05) is 25.3 Å². The summed E-state index contributed by atoms with van der Waals surface area (Å²) in [5, 5.41) is 8.16. The van der Waals surface area contributed by atoms with Crippen LogP contribution in [0.3, 0.4) is 0 Å². The molecule has 0 spiro atoms. The number of hydrogen-bond donors (Lipinski definition) is 3. The fourth-order valence-corrected chi connectivity index (χ4v) is 3.42. The number of benzene rings is 2. The zero-order valence-corrected chi connectivity index (χ0v) is 17.8. The number of carbonyl (C=O) groups excluding carboxylic acids is 3. The van der Waals surface area contributed by atoms with Gasteiger partial charge in [-0.15, -0.1) is 0 Å². The minimum absolute atomic E-state index is 0.176. The third kappa shape index (κ3) is 6.21. The molecule has 3 rings (SSSR count). The average molecular weight is 425 g/mol. The highest BCUT2D eigenvalue weighted by Gasteiger charge is 2.24. The van der Waals surface area contributed by atoms with Gasteiger partial charge < -0.3 is 25.6 Å². The molecule has 2 aromatic carbocycles. The van der Waals surface area contributed by atoms with Gasteiger partial charge in [0.05, 0.1) is 12.8 Å². The summed E-state index contributed by atoms with van der Waals surface area (Å²) in [5.74, 6) is -0.516. The molecule has 0 saturated carbocycles. The molecule has 0 atom stereocenters. The van der Waals surface area contributed by atoms with Gasteiger partial charge in [-0.2, -0.15) is 0 Å². The second-order valence-electron chi connectivity index (χ2n) is 7.59. The first-order valence-electron chi connectivity index (χ1n) is 10.3. The van der Waals surface area contributed by atoms with E-state index in [4.69, 9.17) is 4.74 Å². The third-order valence-corrected chi connectivity index (χ3v) is 5.32. The molecule has 0 unspecified atom stereocenters. The normalized spacial score (nSPS) is 13.9. The number of para-hydroxylation sites is 2. The first-order valence-corrected chi connectivity index (χ1v) is 10.3. The topological polar surface area (TPSA) is 99.8 Å². The predicted octanol–water partition coefficient (Wildman–Crippen LogP) is 3.00. The highest BCUT2D eigenvalue weighted by Crippen LogP contribution is 2.24. The van der Waals surface area contributed by atoms with E-state index in [0.29, 0.717) is 36.8 Å². The van der Waals surface area contributed by atoms with Crippen LogP contribution in [-0.2, 0) is 9.59 Å². The number of aryl methyl sites for hydroxylation is 1. The summed E-state index contributed by atoms with van der Waals surface area (Å²) in [4.78, 5) is 38.4. The SMILES string of the molecule is COc1ccccc1NC(=O)N1CCC(CNC(=O)C(=O)Nc2ccc(C)cc2)CC1. The maximum Gasteiger partial charge on any atom is 0.321 e. The fourth-order valence-electron chi connectivity index (χ4n) is 3.42. The quantitative estimate of drug-likeness (QED) is 0.643. The van der Waals surface area contributed by atoms with Crippen molar-refractivity contribution in [3.63, 3.8) is 0 Å². The van der Waals surface area contributed by atoms with Crippen LogP contribution in [0.2, 0.25) is 0 Å². The van der Waals surface area contributed by atoms with E-state index < -0.39 is 11.8 Å². The second kappa shape index (κ2) is 10.5. The molecule has 8 heteroatoms. The molecule has 164 valence electrons. The van der Waals surface area contributed by atoms with E-state index in [9.17, 15) is 14.4 Å². The molecule has 0 bridgehead atoms. The lowest BCUT2D eigenvalue weighted by molar-refractivity contribution is -0.136. The average Bonchev–Trinajstić information content (AvgIpc) is 2.79. The van der Waals surface area contributed by atoms with Gasteiger partial charge in [0.1, 0.15) is 5.75 Å². The Morgan fingerprint density at radius 3 is 2.32 bits per heavy atom. The van der Waals surface area contributed by atoms with Crippen molar-refractivity contribution in [2.75, 3.05) is 37.4 Å². The van der Waals surface area contributed by atoms with E-state index in [-0.39, 0.29) is 11.9 Å². The summed E-state index contributed by atoms with van der Waals surface area (Å²) >= 11 is 0. The number of methoxy groups -OCH3 is 1. The Labute approximate surface area is 182 Å². The first kappa shape index (κ1) is 22.1. The molecule has 2 aromatic rings. The van der Waals surface area contributed by atoms with E-state index in [0.717, 1.165) is 18.4 Å². The van der Waals surface area contributed by atoms with Crippen molar-refractivity contribution >= 4 is 29.2 Å². The number of rotatable bonds is 5. The summed E-state index contributed by atoms with van der Waals surface area (Å²) in [6.45, 7) is 3.52. The number of ether oxygens (including phenoxy) is 1. The van der Waals surface area contributed by atoms with E-state index in [1.54, 1.807) is 36.3 Å². The Morgan fingerprint density at radius 1 is 0.968 bits per heavy atom. The summed E-state index contributed by atoms with van der Waals surface area (Å²) in [6.07, 6.45) is 1.50. The van der Waals surface area contributed by atoms with Gasteiger partial charge in [0.25, 0.3) is 0 Å². The van der Waals surface area contributed by atoms with Crippen LogP contribution in [0, 0.1) is 12.8 Å². The molecule has 0 aliphatic carbocycles. The first-order chi connectivity index (χ1) is 15.0. The monoisotopic (exact) mass is 424 g/mol. The van der Waals surface area contributed by atoms with Crippen molar-refractivity contribution in [3.8, 4) is 5.75 Å². The molecule has 1 aliphatic heterocycles. The van der Waals surface area contributed by atoms with Crippen LogP contribution in [0.4, 0.5) is 16.2 Å². The third-order valence-electron chi connectivity index (χ3n) is 5.32. The number of hydrogen-bond acceptors (Lipinski definition) is 4. The molecule has 0 radical (unpaired) electrons. The van der Waals surface area contributed by atoms with Crippen LogP contribution in [0.25, 0.3) is 0 Å². The van der Waals surface area contributed by atoms with Crippen LogP contribution >= 0.6 is 0 Å². The Balaban J connectivity index is 1.40. The molecule has 8 nitrogen and oxygen atoms in total. The van der Waals surface area contributed by atoms with E-state index in [1.165, 1.54) is 0 Å². The van der Waals surface area contributed by atoms with Crippen molar-refractivity contribution in [1.82, 2.24) is 10.2 Å². The molecule has 1 aliphatic rings. The lowest BCUT2D eigenvalue weighted by Gasteiger charge is -2.32. The van der Waals surface area contributed by atoms with Gasteiger partial charge in [-0.1, -0.05) is 29.8 Å². The van der Waals surface area contributed by atoms with Crippen LogP contribution in [0.5, 0.6) is 5.75 Å². The summed E-state index contributed by atoms with van der Waals surface area (Å²) in [5.41, 5.74) is 2.29. The number of piperidine rings is 1. The van der Waals surface area contributed by atoms with Crippen molar-refractivity contribution < 1.29 is 19.1 Å². The Kier molecular flexibility index (Phi) is 7.48. The Hall–Kier alpha value is -3.55. The molecule has 1 heterocycles. The zero-order valence-electron chi connectivity index (χ0n) is 17.8. The van der Waals surface area contributed by atoms with Gasteiger partial charge >= 0.3 is 17.8 Å². The summed E-state index contributed by atoms with van der Waals surface area (Å²) in [7, 11) is 1.56. The maximum atomic E-state index is 12.5. The van der Waals surface area contributed by atoms with Crippen LogP contribution in [0.1, 0.15) is 18.4 Å². The fraction of sp³-hybridized carbons (Fsp3) is 0.348. The lowest BCUT2D eigenvalue weighted by Crippen LogP contribution is -2.44. The Bertz CT molecular complexity index is 921. The molecule has 1 saturated heterocycles. The maximum absolute atomic E-state index is 12.5. The van der Waals surface area contributed by atoms with Crippen LogP contribution < -0.4 is 20.7 Å². The van der Waals surface area contributed by atoms with Crippen molar-refractivity contribution in [2.24, 2.45) is 5.92 Å². The largest absolute Gasteiger partial charge is 0.495 e. The number of carbonyl (C=O) groups is 3. The van der Waals surface area contributed by atoms with E-state index in [1.807, 2.05) is 31.2 Å². The molecule has 4 amide bonds. The number of urea groups is 1. The predicted molar refractivity (Wildman–Crippen MR) is 119 cm³/mol. The molecule has 0 aromatic heterocycles. The van der Waals surface area contributed by atoms with Crippen molar-refractivity contribution in [2.45, 2.75) is 19.8 Å². The smallest absolute Gasteiger partial charge is 0.321 e. The van der Waals surface area contributed by atoms with E-state index >= 15 is 0 Å². The van der Waals surface area contributed by atoms with Crippen molar-refractivity contribution in [3.05, 3.63) is 54.1 Å². The Morgan fingerprint density at radius 2 is 1.65 bits per heavy atom. The van der Waals surface area contributed by atoms with Crippen molar-refractivity contribution in [1.29, 1.82) is 0 Å². The van der Waals surface area contributed by atoms with Gasteiger partial charge in [-0.25, -0.2) is 4.79 Å². The van der Waals surface area contributed by atoms with Crippen LogP contribution in [-0.4, -0.2) is 49.5 Å². The molecular formula is C23H28N4O4. The number of anilines is 2. The number of likely N-dealkylation sites (tertiary alicyclic amines) is 1. The minimum Gasteiger partial charge on any atom is -0.495 e. The molecular weight excluding hydrogens is 396 g/mol. The van der Waals surface area contributed by atoms with Gasteiger partial charge in [-0.05, 0) is 49.9 Å². The molecule has 1 fully saturated rings. The second-order valence-corrected chi connectivity index (χ2v) is 7.59. The van der Waals surface area contributed by atoms with Crippen LogP contribution in [0.15, 0.2) is 48.5 Å². The van der Waals surface area contributed by atoms with Gasteiger partial charge in [0.2, 0.25) is 0 Å². The van der Waals surface area contributed by atoms with Gasteiger partial charge in [0.15, 0.2) is 0 Å². The highest BCUT2D eigenvalue weighted by molar-refractivity contribution is 6.39. The summed E-state index contributed by atoms with van der Waals surface area (Å²) < 4.78 is 5.26. The summed E-state index contributed by atoms with van der Waals surface area (Å²) in [6, 6.07) is 14.3. The lowest BCUT2D eigenvalue weighted by atomic mass is 9.97. The molecule has 3 N–H and O–H groups in total. The van der Waals surface area contributed by atoms with Gasteiger partial charge in [-0.3, -0.25) is 9.59 Å². The number of nitrogens with one attached hydrogen (secondary N) is 3. The zero-order chi connectivity index (χ0) is 22.2. The van der Waals surface area contributed by atoms with E-state index in [2.05, 4.69) is 16.0 Å². The number of amides is 4.